The molecule has 1 fully saturated rings. The van der Waals surface area contributed by atoms with Crippen molar-refractivity contribution in [2.24, 2.45) is 0 Å². The molecule has 2 heterocycles. The van der Waals surface area contributed by atoms with Crippen LogP contribution in [-0.4, -0.2) is 52.7 Å². The van der Waals surface area contributed by atoms with Crippen LogP contribution < -0.4 is 0 Å². The highest BCUT2D eigenvalue weighted by atomic mass is 16.8. The van der Waals surface area contributed by atoms with Crippen LogP contribution in [0.2, 0.25) is 0 Å². The molecule has 1 saturated heterocycles. The molecule has 2 N–H and O–H groups in total. The number of aliphatic hydroxyl groups is 1. The zero-order valence-corrected chi connectivity index (χ0v) is 20.2. The first-order chi connectivity index (χ1) is 16.2. The fraction of sp³-hybridized carbons (Fsp3) is 0.407. The average molecular weight is 469 g/mol. The summed E-state index contributed by atoms with van der Waals surface area (Å²) in [6, 6.07) is 2.89. The summed E-state index contributed by atoms with van der Waals surface area (Å²) in [5.74, 6) is 3.11. The molecule has 34 heavy (non-hydrogen) atoms. The third-order valence-electron chi connectivity index (χ3n) is 4.65. The number of benzene rings is 1. The number of terminal acetylenes is 1. The largest absolute Gasteiger partial charge is 0.507 e. The van der Waals surface area contributed by atoms with Crippen LogP contribution in [0.15, 0.2) is 30.4 Å². The van der Waals surface area contributed by atoms with E-state index in [9.17, 15) is 14.7 Å². The molecule has 0 amide bonds. The Labute approximate surface area is 201 Å². The standard InChI is InChI=1S/C23H24O7.C2H6.C2H2/c1-14-6-4-8-18(26)21-19(29-23(2,3)30-21)12-10-16-15(7-5-13-24)9-11-17(25)20(16)22(27)28-14;2*1-2/h4,8-12,14,19,21,24-25H,6,13H2,1-3H3;1-2H3;1-2H/b8-4-,12-10+;;/t14-,19-,21+;;/m0../s1. The van der Waals surface area contributed by atoms with E-state index in [2.05, 4.69) is 24.7 Å². The van der Waals surface area contributed by atoms with Gasteiger partial charge in [0.15, 0.2) is 17.7 Å². The van der Waals surface area contributed by atoms with Crippen molar-refractivity contribution in [1.29, 1.82) is 0 Å². The maximum Gasteiger partial charge on any atom is 0.342 e. The van der Waals surface area contributed by atoms with E-state index in [1.807, 2.05) is 13.8 Å². The molecule has 0 aromatic heterocycles. The van der Waals surface area contributed by atoms with Gasteiger partial charge in [-0.1, -0.05) is 43.9 Å². The molecule has 0 spiro atoms. The van der Waals surface area contributed by atoms with Crippen LogP contribution >= 0.6 is 0 Å². The number of esters is 1. The number of hydrogen-bond donors (Lipinski definition) is 2. The topological polar surface area (TPSA) is 102 Å². The number of carbonyl (C=O) groups is 2. The van der Waals surface area contributed by atoms with E-state index >= 15 is 0 Å². The summed E-state index contributed by atoms with van der Waals surface area (Å²) in [6.45, 7) is 8.75. The number of phenolic OH excluding ortho intramolecular Hbond substituents is 1. The van der Waals surface area contributed by atoms with Crippen LogP contribution in [0.25, 0.3) is 6.08 Å². The van der Waals surface area contributed by atoms with Crippen molar-refractivity contribution in [1.82, 2.24) is 0 Å². The molecule has 1 aromatic rings. The van der Waals surface area contributed by atoms with Gasteiger partial charge in [0, 0.05) is 17.5 Å². The lowest BCUT2D eigenvalue weighted by molar-refractivity contribution is -0.151. The van der Waals surface area contributed by atoms with Gasteiger partial charge in [-0.05, 0) is 39.0 Å². The van der Waals surface area contributed by atoms with Crippen molar-refractivity contribution >= 4 is 17.8 Å². The number of carbonyl (C=O) groups excluding carboxylic acids is 2. The number of aromatic hydroxyl groups is 1. The Hall–Kier alpha value is -3.36. The molecule has 0 radical (unpaired) electrons. The first-order valence-corrected chi connectivity index (χ1v) is 11.0. The highest BCUT2D eigenvalue weighted by molar-refractivity contribution is 5.98. The Balaban J connectivity index is 0.00000137. The Morgan fingerprint density at radius 2 is 1.82 bits per heavy atom. The quantitative estimate of drug-likeness (QED) is 0.443. The highest BCUT2D eigenvalue weighted by Gasteiger charge is 2.43. The number of fused-ring (bicyclic) bond motifs is 2. The summed E-state index contributed by atoms with van der Waals surface area (Å²) in [7, 11) is 0. The van der Waals surface area contributed by atoms with E-state index in [0.29, 0.717) is 17.5 Å². The highest BCUT2D eigenvalue weighted by Crippen LogP contribution is 2.32. The number of rotatable bonds is 0. The van der Waals surface area contributed by atoms with Crippen molar-refractivity contribution in [3.63, 3.8) is 0 Å². The van der Waals surface area contributed by atoms with Gasteiger partial charge in [-0.2, -0.15) is 0 Å². The minimum atomic E-state index is -0.965. The van der Waals surface area contributed by atoms with Gasteiger partial charge in [0.1, 0.15) is 30.1 Å². The molecule has 0 bridgehead atoms. The van der Waals surface area contributed by atoms with Crippen LogP contribution in [0.4, 0.5) is 0 Å². The lowest BCUT2D eigenvalue weighted by atomic mass is 9.98. The summed E-state index contributed by atoms with van der Waals surface area (Å²) < 4.78 is 17.1. The predicted molar refractivity (Wildman–Crippen MR) is 130 cm³/mol. The first kappa shape index (κ1) is 28.7. The third-order valence-corrected chi connectivity index (χ3v) is 4.65. The Morgan fingerprint density at radius 1 is 1.15 bits per heavy atom. The average Bonchev–Trinajstić information content (AvgIpc) is 3.13. The van der Waals surface area contributed by atoms with Crippen LogP contribution in [0, 0.1) is 24.7 Å². The number of hydrogen-bond acceptors (Lipinski definition) is 7. The van der Waals surface area contributed by atoms with Crippen LogP contribution in [0.1, 0.15) is 62.5 Å². The van der Waals surface area contributed by atoms with Gasteiger partial charge in [-0.3, -0.25) is 4.79 Å². The molecule has 3 rings (SSSR count). The fourth-order valence-corrected chi connectivity index (χ4v) is 3.34. The summed E-state index contributed by atoms with van der Waals surface area (Å²) in [4.78, 5) is 25.4. The Kier molecular flexibility index (Phi) is 11.3. The summed E-state index contributed by atoms with van der Waals surface area (Å²) >= 11 is 0. The van der Waals surface area contributed by atoms with Gasteiger partial charge >= 0.3 is 5.97 Å². The molecule has 2 aliphatic rings. The van der Waals surface area contributed by atoms with Crippen LogP contribution in [0.3, 0.4) is 0 Å². The number of ether oxygens (including phenoxy) is 3. The normalized spacial score (nSPS) is 24.8. The smallest absolute Gasteiger partial charge is 0.342 e. The number of phenols is 1. The van der Waals surface area contributed by atoms with E-state index in [0.717, 1.165) is 0 Å². The molecule has 0 unspecified atom stereocenters. The van der Waals surface area contributed by atoms with Crippen molar-refractivity contribution in [3.8, 4) is 30.4 Å². The van der Waals surface area contributed by atoms with Gasteiger partial charge < -0.3 is 24.4 Å². The predicted octanol–water partition coefficient (Wildman–Crippen LogP) is 3.62. The van der Waals surface area contributed by atoms with Crippen molar-refractivity contribution in [3.05, 3.63) is 47.1 Å². The van der Waals surface area contributed by atoms with Crippen LogP contribution in [0.5, 0.6) is 5.75 Å². The van der Waals surface area contributed by atoms with Gasteiger partial charge in [-0.25, -0.2) is 4.79 Å². The second-order valence-corrected chi connectivity index (χ2v) is 7.52. The molecule has 0 aliphatic carbocycles. The van der Waals surface area contributed by atoms with E-state index in [4.69, 9.17) is 19.3 Å². The lowest BCUT2D eigenvalue weighted by Crippen LogP contribution is -2.29. The number of cyclic esters (lactones) is 1. The summed E-state index contributed by atoms with van der Waals surface area (Å²) in [6.07, 6.45) is 12.4. The van der Waals surface area contributed by atoms with E-state index in [1.165, 1.54) is 18.2 Å². The van der Waals surface area contributed by atoms with Crippen LogP contribution in [-0.2, 0) is 19.0 Å². The third kappa shape index (κ3) is 7.33. The number of aliphatic hydroxyl groups excluding tert-OH is 1. The van der Waals surface area contributed by atoms with Gasteiger partial charge in [0.25, 0.3) is 0 Å². The molecule has 182 valence electrons. The maximum absolute atomic E-state index is 12.8. The molecular formula is C27H32O7. The zero-order chi connectivity index (χ0) is 25.9. The van der Waals surface area contributed by atoms with Crippen molar-refractivity contribution in [2.75, 3.05) is 6.61 Å². The van der Waals surface area contributed by atoms with Gasteiger partial charge in [0.05, 0.1) is 0 Å². The van der Waals surface area contributed by atoms with E-state index < -0.39 is 30.1 Å². The maximum atomic E-state index is 12.8. The van der Waals surface area contributed by atoms with Crippen molar-refractivity contribution < 1.29 is 34.0 Å². The first-order valence-electron chi connectivity index (χ1n) is 11.0. The lowest BCUT2D eigenvalue weighted by Gasteiger charge is -2.16. The molecule has 0 saturated carbocycles. The molecule has 7 heteroatoms. The minimum absolute atomic E-state index is 0.0490. The van der Waals surface area contributed by atoms with E-state index in [1.54, 1.807) is 39.0 Å². The van der Waals surface area contributed by atoms with Gasteiger partial charge in [0.2, 0.25) is 0 Å². The fourth-order valence-electron chi connectivity index (χ4n) is 3.34. The SMILES string of the molecule is C#C.CC.C[C@H]1C/C=C\C(=O)[C@H]2OC(C)(C)O[C@H]2/C=C/c2c(C#CCO)ccc(O)c2C(=O)O1. The molecule has 1 aromatic carbocycles. The zero-order valence-electron chi connectivity index (χ0n) is 20.2. The minimum Gasteiger partial charge on any atom is -0.507 e. The molecule has 7 nitrogen and oxygen atoms in total. The molecular weight excluding hydrogens is 436 g/mol. The monoisotopic (exact) mass is 468 g/mol. The second-order valence-electron chi connectivity index (χ2n) is 7.52. The molecule has 3 atom stereocenters. The summed E-state index contributed by atoms with van der Waals surface area (Å²) in [5.41, 5.74) is 0.665. The number of ketones is 1. The summed E-state index contributed by atoms with van der Waals surface area (Å²) in [5, 5.41) is 19.4. The van der Waals surface area contributed by atoms with E-state index in [-0.39, 0.29) is 23.7 Å². The van der Waals surface area contributed by atoms with Gasteiger partial charge in [-0.15, -0.1) is 12.8 Å². The Bertz CT molecular complexity index is 1010. The molecule has 2 aliphatic heterocycles. The Morgan fingerprint density at radius 3 is 2.47 bits per heavy atom. The second kappa shape index (κ2) is 13.4. The van der Waals surface area contributed by atoms with Crippen molar-refractivity contribution in [2.45, 2.75) is 65.1 Å².